The molecule has 3 nitrogen and oxygen atoms in total. The van der Waals surface area contributed by atoms with Crippen molar-refractivity contribution in [3.63, 3.8) is 0 Å². The Morgan fingerprint density at radius 1 is 1.75 bits per heavy atom. The molecule has 1 atom stereocenters. The first-order valence-electron chi connectivity index (χ1n) is 2.74. The molecule has 1 fully saturated rings. The molecule has 0 radical (unpaired) electrons. The van der Waals surface area contributed by atoms with Crippen LogP contribution in [0.4, 0.5) is 0 Å². The van der Waals surface area contributed by atoms with E-state index in [1.54, 1.807) is 0 Å². The van der Waals surface area contributed by atoms with Crippen molar-refractivity contribution < 1.29 is 9.53 Å². The lowest BCUT2D eigenvalue weighted by Gasteiger charge is -2.18. The van der Waals surface area contributed by atoms with Crippen LogP contribution in [-0.2, 0) is 9.53 Å². The van der Waals surface area contributed by atoms with Gasteiger partial charge < -0.3 is 4.74 Å². The lowest BCUT2D eigenvalue weighted by molar-refractivity contribution is -0.122. The summed E-state index contributed by atoms with van der Waals surface area (Å²) in [7, 11) is 0. The Bertz CT molecular complexity index is 78.5. The van der Waals surface area contributed by atoms with Crippen molar-refractivity contribution in [2.24, 2.45) is 0 Å². The molecule has 0 aromatic carbocycles. The predicted octanol–water partition coefficient (Wildman–Crippen LogP) is -0.479. The standard InChI is InChI=1S/C5H9NO2/c7-4-5-6-2-1-3-8-5/h4-6H,1-3H2. The SMILES string of the molecule is O=CC1NCCCO1. The molecule has 1 aliphatic heterocycles. The Hall–Kier alpha value is -0.410. The quantitative estimate of drug-likeness (QED) is 0.469. The van der Waals surface area contributed by atoms with Gasteiger partial charge in [-0.15, -0.1) is 0 Å². The lowest BCUT2D eigenvalue weighted by atomic mass is 10.4. The summed E-state index contributed by atoms with van der Waals surface area (Å²) in [4.78, 5) is 9.97. The van der Waals surface area contributed by atoms with Gasteiger partial charge in [-0.3, -0.25) is 10.1 Å². The van der Waals surface area contributed by atoms with Gasteiger partial charge in [0.25, 0.3) is 0 Å². The van der Waals surface area contributed by atoms with Crippen LogP contribution in [0.25, 0.3) is 0 Å². The Labute approximate surface area is 48.0 Å². The van der Waals surface area contributed by atoms with E-state index in [4.69, 9.17) is 4.74 Å². The molecule has 0 aliphatic carbocycles. The molecule has 1 unspecified atom stereocenters. The Morgan fingerprint density at radius 2 is 2.62 bits per heavy atom. The smallest absolute Gasteiger partial charge is 0.164 e. The van der Waals surface area contributed by atoms with E-state index >= 15 is 0 Å². The van der Waals surface area contributed by atoms with Crippen LogP contribution in [-0.4, -0.2) is 25.7 Å². The van der Waals surface area contributed by atoms with Crippen molar-refractivity contribution in [2.45, 2.75) is 12.6 Å². The number of hydrogen-bond acceptors (Lipinski definition) is 3. The number of carbonyl (C=O) groups is 1. The summed E-state index contributed by atoms with van der Waals surface area (Å²) in [6, 6.07) is 0. The second-order valence-electron chi connectivity index (χ2n) is 1.74. The lowest BCUT2D eigenvalue weighted by Crippen LogP contribution is -2.38. The van der Waals surface area contributed by atoms with E-state index in [1.165, 1.54) is 0 Å². The van der Waals surface area contributed by atoms with Gasteiger partial charge in [-0.2, -0.15) is 0 Å². The van der Waals surface area contributed by atoms with Crippen LogP contribution in [0.3, 0.4) is 0 Å². The number of ether oxygens (including phenoxy) is 1. The second kappa shape index (κ2) is 2.79. The molecule has 3 heteroatoms. The zero-order chi connectivity index (χ0) is 5.82. The number of nitrogens with one attached hydrogen (secondary N) is 1. The molecule has 1 heterocycles. The molecular weight excluding hydrogens is 106 g/mol. The summed E-state index contributed by atoms with van der Waals surface area (Å²) >= 11 is 0. The topological polar surface area (TPSA) is 38.3 Å². The summed E-state index contributed by atoms with van der Waals surface area (Å²) < 4.78 is 4.95. The minimum absolute atomic E-state index is 0.344. The molecule has 46 valence electrons. The van der Waals surface area contributed by atoms with Crippen LogP contribution in [0.2, 0.25) is 0 Å². The van der Waals surface area contributed by atoms with Crippen molar-refractivity contribution in [1.82, 2.24) is 5.32 Å². The largest absolute Gasteiger partial charge is 0.356 e. The van der Waals surface area contributed by atoms with Crippen molar-refractivity contribution in [3.8, 4) is 0 Å². The molecule has 0 saturated carbocycles. The highest BCUT2D eigenvalue weighted by atomic mass is 16.5. The number of carbonyl (C=O) groups excluding carboxylic acids is 1. The van der Waals surface area contributed by atoms with Gasteiger partial charge in [-0.05, 0) is 6.42 Å². The summed E-state index contributed by atoms with van der Waals surface area (Å²) in [5.74, 6) is 0. The van der Waals surface area contributed by atoms with Crippen LogP contribution >= 0.6 is 0 Å². The number of hydrogen-bond donors (Lipinski definition) is 1. The van der Waals surface area contributed by atoms with Gasteiger partial charge in [0.05, 0.1) is 6.61 Å². The fourth-order valence-electron chi connectivity index (χ4n) is 0.673. The number of aldehydes is 1. The van der Waals surface area contributed by atoms with Crippen molar-refractivity contribution >= 4 is 6.29 Å². The van der Waals surface area contributed by atoms with E-state index in [0.717, 1.165) is 19.3 Å². The first kappa shape index (κ1) is 5.72. The van der Waals surface area contributed by atoms with Crippen LogP contribution < -0.4 is 5.32 Å². The zero-order valence-corrected chi connectivity index (χ0v) is 4.59. The van der Waals surface area contributed by atoms with Crippen LogP contribution in [0.1, 0.15) is 6.42 Å². The zero-order valence-electron chi connectivity index (χ0n) is 4.59. The summed E-state index contributed by atoms with van der Waals surface area (Å²) in [5, 5.41) is 2.88. The van der Waals surface area contributed by atoms with E-state index in [2.05, 4.69) is 5.32 Å². The summed E-state index contributed by atoms with van der Waals surface area (Å²) in [6.07, 6.45) is 1.44. The van der Waals surface area contributed by atoms with Crippen LogP contribution in [0.15, 0.2) is 0 Å². The molecule has 0 aromatic rings. The maximum absolute atomic E-state index is 9.97. The van der Waals surface area contributed by atoms with Gasteiger partial charge in [0.2, 0.25) is 0 Å². The average Bonchev–Trinajstić information content (AvgIpc) is 1.90. The minimum atomic E-state index is -0.344. The Kier molecular flexibility index (Phi) is 2.00. The summed E-state index contributed by atoms with van der Waals surface area (Å²) in [6.45, 7) is 1.60. The van der Waals surface area contributed by atoms with E-state index in [0.29, 0.717) is 6.61 Å². The minimum Gasteiger partial charge on any atom is -0.356 e. The van der Waals surface area contributed by atoms with Gasteiger partial charge in [0.15, 0.2) is 12.5 Å². The van der Waals surface area contributed by atoms with Gasteiger partial charge in [-0.1, -0.05) is 0 Å². The molecule has 8 heavy (non-hydrogen) atoms. The van der Waals surface area contributed by atoms with Crippen LogP contribution in [0, 0.1) is 0 Å². The molecule has 0 amide bonds. The molecule has 0 aromatic heterocycles. The highest BCUT2D eigenvalue weighted by molar-refractivity contribution is 5.55. The average molecular weight is 115 g/mol. The third-order valence-corrected chi connectivity index (χ3v) is 1.09. The van der Waals surface area contributed by atoms with Gasteiger partial charge in [-0.25, -0.2) is 0 Å². The van der Waals surface area contributed by atoms with Crippen molar-refractivity contribution in [1.29, 1.82) is 0 Å². The Balaban J connectivity index is 2.22. The second-order valence-corrected chi connectivity index (χ2v) is 1.74. The maximum Gasteiger partial charge on any atom is 0.164 e. The third kappa shape index (κ3) is 1.28. The predicted molar refractivity (Wildman–Crippen MR) is 28.4 cm³/mol. The van der Waals surface area contributed by atoms with Crippen molar-refractivity contribution in [3.05, 3.63) is 0 Å². The van der Waals surface area contributed by atoms with Crippen LogP contribution in [0.5, 0.6) is 0 Å². The number of rotatable bonds is 1. The van der Waals surface area contributed by atoms with E-state index in [-0.39, 0.29) is 6.23 Å². The molecule has 0 spiro atoms. The normalized spacial score (nSPS) is 29.8. The van der Waals surface area contributed by atoms with Gasteiger partial charge in [0, 0.05) is 6.54 Å². The summed E-state index contributed by atoms with van der Waals surface area (Å²) in [5.41, 5.74) is 0. The molecule has 1 N–H and O–H groups in total. The molecule has 1 saturated heterocycles. The monoisotopic (exact) mass is 115 g/mol. The maximum atomic E-state index is 9.97. The van der Waals surface area contributed by atoms with Gasteiger partial charge >= 0.3 is 0 Å². The first-order chi connectivity index (χ1) is 3.93. The first-order valence-corrected chi connectivity index (χ1v) is 2.74. The molecule has 0 bridgehead atoms. The fourth-order valence-corrected chi connectivity index (χ4v) is 0.673. The molecular formula is C5H9NO2. The molecule has 1 aliphatic rings. The highest BCUT2D eigenvalue weighted by Crippen LogP contribution is 1.92. The van der Waals surface area contributed by atoms with E-state index in [1.807, 2.05) is 0 Å². The van der Waals surface area contributed by atoms with Crippen molar-refractivity contribution in [2.75, 3.05) is 13.2 Å². The van der Waals surface area contributed by atoms with E-state index < -0.39 is 0 Å². The van der Waals surface area contributed by atoms with E-state index in [9.17, 15) is 4.79 Å². The highest BCUT2D eigenvalue weighted by Gasteiger charge is 2.09. The molecule has 1 rings (SSSR count). The Morgan fingerprint density at radius 3 is 3.00 bits per heavy atom. The fraction of sp³-hybridized carbons (Fsp3) is 0.800. The third-order valence-electron chi connectivity index (χ3n) is 1.09. The van der Waals surface area contributed by atoms with Gasteiger partial charge in [0.1, 0.15) is 0 Å².